The molecule has 0 unspecified atom stereocenters. The number of halogens is 2. The summed E-state index contributed by atoms with van der Waals surface area (Å²) >= 11 is 6.12. The van der Waals surface area contributed by atoms with Crippen LogP contribution in [0.15, 0.2) is 46.7 Å². The lowest BCUT2D eigenvalue weighted by molar-refractivity contribution is -0.123. The van der Waals surface area contributed by atoms with Crippen molar-refractivity contribution >= 4 is 40.7 Å². The molecule has 0 spiro atoms. The number of benzene rings is 2. The highest BCUT2D eigenvalue weighted by molar-refractivity contribution is 6.32. The summed E-state index contributed by atoms with van der Waals surface area (Å²) in [5, 5.41) is 11.7. The Bertz CT molecular complexity index is 1130. The Hall–Kier alpha value is -3.73. The van der Waals surface area contributed by atoms with Gasteiger partial charge < -0.3 is 14.8 Å². The van der Waals surface area contributed by atoms with Gasteiger partial charge in [-0.3, -0.25) is 19.4 Å². The van der Waals surface area contributed by atoms with Crippen LogP contribution in [0.25, 0.3) is 0 Å². The molecule has 1 fully saturated rings. The van der Waals surface area contributed by atoms with E-state index in [0.717, 1.165) is 22.0 Å². The van der Waals surface area contributed by atoms with Crippen molar-refractivity contribution in [3.05, 3.63) is 47.2 Å². The molecule has 10 nitrogen and oxygen atoms in total. The fourth-order valence-electron chi connectivity index (χ4n) is 3.49. The first-order chi connectivity index (χ1) is 15.3. The standard InChI is InChI=1S/C20H17ClFN5O5/c1-31-14-8-15(32-2)13(7-12(14)21)23-16(28)9-26-18-17(24-25-26)19(29)27(20(18)30)11-5-3-10(22)4-6-11/h3-8,17-18H,9H2,1-2H3,(H,23,28)/t17-,18+/m0/s1. The summed E-state index contributed by atoms with van der Waals surface area (Å²) < 4.78 is 23.6. The lowest BCUT2D eigenvalue weighted by atomic mass is 10.1. The number of imide groups is 1. The summed E-state index contributed by atoms with van der Waals surface area (Å²) in [5.74, 6) is -1.55. The normalized spacial score (nSPS) is 19.4. The molecule has 2 aliphatic rings. The predicted octanol–water partition coefficient (Wildman–Crippen LogP) is 2.43. The lowest BCUT2D eigenvalue weighted by Crippen LogP contribution is -2.43. The molecule has 0 aliphatic carbocycles. The van der Waals surface area contributed by atoms with E-state index in [1.54, 1.807) is 0 Å². The Morgan fingerprint density at radius 3 is 2.47 bits per heavy atom. The molecule has 32 heavy (non-hydrogen) atoms. The Balaban J connectivity index is 1.49. The fourth-order valence-corrected chi connectivity index (χ4v) is 3.73. The van der Waals surface area contributed by atoms with Gasteiger partial charge in [-0.05, 0) is 30.3 Å². The molecule has 0 bridgehead atoms. The van der Waals surface area contributed by atoms with E-state index in [4.69, 9.17) is 21.1 Å². The van der Waals surface area contributed by atoms with Crippen LogP contribution < -0.4 is 19.7 Å². The molecule has 2 heterocycles. The van der Waals surface area contributed by atoms with Crippen molar-refractivity contribution in [2.75, 3.05) is 31.0 Å². The van der Waals surface area contributed by atoms with Gasteiger partial charge in [0, 0.05) is 6.07 Å². The van der Waals surface area contributed by atoms with Crippen molar-refractivity contribution in [2.24, 2.45) is 10.3 Å². The average Bonchev–Trinajstić information content (AvgIpc) is 3.28. The van der Waals surface area contributed by atoms with Gasteiger partial charge >= 0.3 is 0 Å². The second-order valence-corrected chi connectivity index (χ2v) is 7.32. The van der Waals surface area contributed by atoms with Crippen LogP contribution in [0, 0.1) is 5.82 Å². The van der Waals surface area contributed by atoms with Crippen molar-refractivity contribution in [2.45, 2.75) is 12.1 Å². The zero-order chi connectivity index (χ0) is 23.0. The van der Waals surface area contributed by atoms with E-state index in [1.807, 2.05) is 0 Å². The molecule has 1 N–H and O–H groups in total. The molecule has 2 atom stereocenters. The molecule has 12 heteroatoms. The van der Waals surface area contributed by atoms with Gasteiger partial charge in [-0.2, -0.15) is 5.11 Å². The monoisotopic (exact) mass is 461 g/mol. The number of amides is 3. The third kappa shape index (κ3) is 3.71. The number of carbonyl (C=O) groups is 3. The van der Waals surface area contributed by atoms with Crippen LogP contribution in [0.2, 0.25) is 5.02 Å². The summed E-state index contributed by atoms with van der Waals surface area (Å²) in [5.41, 5.74) is 0.505. The largest absolute Gasteiger partial charge is 0.495 e. The number of hydrogen-bond donors (Lipinski definition) is 1. The van der Waals surface area contributed by atoms with E-state index >= 15 is 0 Å². The van der Waals surface area contributed by atoms with Crippen LogP contribution in [0.3, 0.4) is 0 Å². The molecule has 2 aromatic rings. The van der Waals surface area contributed by atoms with Crippen molar-refractivity contribution in [3.8, 4) is 11.5 Å². The van der Waals surface area contributed by atoms with Crippen LogP contribution in [0.4, 0.5) is 15.8 Å². The number of nitrogens with one attached hydrogen (secondary N) is 1. The van der Waals surface area contributed by atoms with Crippen molar-refractivity contribution in [1.82, 2.24) is 5.01 Å². The number of anilines is 2. The van der Waals surface area contributed by atoms with Gasteiger partial charge in [0.05, 0.1) is 30.6 Å². The molecule has 0 saturated carbocycles. The van der Waals surface area contributed by atoms with Gasteiger partial charge in [0.1, 0.15) is 23.9 Å². The maximum Gasteiger partial charge on any atom is 0.263 e. The Labute approximate surface area is 186 Å². The highest BCUT2D eigenvalue weighted by Gasteiger charge is 2.55. The molecule has 3 amide bonds. The molecule has 4 rings (SSSR count). The molecule has 0 radical (unpaired) electrons. The zero-order valence-corrected chi connectivity index (χ0v) is 17.7. The van der Waals surface area contributed by atoms with Gasteiger partial charge in [-0.15, -0.1) is 0 Å². The van der Waals surface area contributed by atoms with E-state index in [2.05, 4.69) is 15.7 Å². The number of nitrogens with zero attached hydrogens (tertiary/aromatic N) is 4. The summed E-state index contributed by atoms with van der Waals surface area (Å²) in [4.78, 5) is 39.1. The molecule has 2 aliphatic heterocycles. The van der Waals surface area contributed by atoms with Gasteiger partial charge in [0.15, 0.2) is 12.1 Å². The van der Waals surface area contributed by atoms with Crippen LogP contribution in [0.5, 0.6) is 11.5 Å². The topological polar surface area (TPSA) is 113 Å². The number of methoxy groups -OCH3 is 2. The van der Waals surface area contributed by atoms with Crippen LogP contribution in [-0.2, 0) is 14.4 Å². The quantitative estimate of drug-likeness (QED) is 0.661. The summed E-state index contributed by atoms with van der Waals surface area (Å²) in [6.45, 7) is -0.353. The molecular formula is C20H17ClFN5O5. The first-order valence-electron chi connectivity index (χ1n) is 9.36. The first-order valence-corrected chi connectivity index (χ1v) is 9.74. The summed E-state index contributed by atoms with van der Waals surface area (Å²) in [6.07, 6.45) is 0. The molecule has 0 aromatic heterocycles. The number of rotatable bonds is 6. The van der Waals surface area contributed by atoms with Crippen molar-refractivity contribution < 1.29 is 28.2 Å². The van der Waals surface area contributed by atoms with E-state index in [-0.39, 0.29) is 22.9 Å². The minimum atomic E-state index is -1.08. The third-order valence-electron chi connectivity index (χ3n) is 5.00. The lowest BCUT2D eigenvalue weighted by Gasteiger charge is -2.20. The maximum absolute atomic E-state index is 13.2. The van der Waals surface area contributed by atoms with Crippen LogP contribution in [-0.4, -0.2) is 55.6 Å². The van der Waals surface area contributed by atoms with Crippen LogP contribution in [0.1, 0.15) is 0 Å². The highest BCUT2D eigenvalue weighted by Crippen LogP contribution is 2.36. The number of hydrogen-bond acceptors (Lipinski definition) is 8. The molecular weight excluding hydrogens is 445 g/mol. The van der Waals surface area contributed by atoms with E-state index in [0.29, 0.717) is 11.5 Å². The second kappa shape index (κ2) is 8.42. The Morgan fingerprint density at radius 2 is 1.81 bits per heavy atom. The molecule has 1 saturated heterocycles. The smallest absolute Gasteiger partial charge is 0.263 e. The van der Waals surface area contributed by atoms with Gasteiger partial charge in [-0.1, -0.05) is 16.8 Å². The summed E-state index contributed by atoms with van der Waals surface area (Å²) in [6, 6.07) is 5.76. The number of ether oxygens (including phenoxy) is 2. The predicted molar refractivity (Wildman–Crippen MR) is 111 cm³/mol. The summed E-state index contributed by atoms with van der Waals surface area (Å²) in [7, 11) is 2.87. The number of fused-ring (bicyclic) bond motifs is 1. The Morgan fingerprint density at radius 1 is 1.12 bits per heavy atom. The van der Waals surface area contributed by atoms with Gasteiger partial charge in [-0.25, -0.2) is 9.29 Å². The van der Waals surface area contributed by atoms with Crippen molar-refractivity contribution in [1.29, 1.82) is 0 Å². The SMILES string of the molecule is COc1cc(OC)c(NC(=O)CN2N=N[C@@H]3C(=O)N(c4ccc(F)cc4)C(=O)[C@@H]32)cc1Cl. The van der Waals surface area contributed by atoms with Crippen LogP contribution >= 0.6 is 11.6 Å². The van der Waals surface area contributed by atoms with E-state index in [9.17, 15) is 18.8 Å². The van der Waals surface area contributed by atoms with E-state index in [1.165, 1.54) is 38.5 Å². The minimum Gasteiger partial charge on any atom is -0.495 e. The first kappa shape index (κ1) is 21.5. The van der Waals surface area contributed by atoms with Gasteiger partial charge in [0.2, 0.25) is 5.91 Å². The maximum atomic E-state index is 13.2. The molecule has 2 aromatic carbocycles. The molecule has 166 valence electrons. The Kier molecular flexibility index (Phi) is 5.66. The second-order valence-electron chi connectivity index (χ2n) is 6.92. The number of carbonyl (C=O) groups excluding carboxylic acids is 3. The fraction of sp³-hybridized carbons (Fsp3) is 0.250. The minimum absolute atomic E-state index is 0.216. The van der Waals surface area contributed by atoms with Crippen molar-refractivity contribution in [3.63, 3.8) is 0 Å². The third-order valence-corrected chi connectivity index (χ3v) is 5.29. The highest BCUT2D eigenvalue weighted by atomic mass is 35.5. The zero-order valence-electron chi connectivity index (χ0n) is 16.9. The van der Waals surface area contributed by atoms with Gasteiger partial charge in [0.25, 0.3) is 11.8 Å². The average molecular weight is 462 g/mol. The van der Waals surface area contributed by atoms with E-state index < -0.39 is 35.6 Å².